The molecule has 1 amide bonds. The van der Waals surface area contributed by atoms with Crippen LogP contribution in [0.15, 0.2) is 24.3 Å². The van der Waals surface area contributed by atoms with Crippen LogP contribution in [0.4, 0.5) is 0 Å². The van der Waals surface area contributed by atoms with E-state index < -0.39 is 11.5 Å². The predicted octanol–water partition coefficient (Wildman–Crippen LogP) is 1.46. The monoisotopic (exact) mass is 290 g/mol. The summed E-state index contributed by atoms with van der Waals surface area (Å²) in [5, 5.41) is 15.2. The van der Waals surface area contributed by atoms with Crippen LogP contribution >= 0.6 is 0 Å². The summed E-state index contributed by atoms with van der Waals surface area (Å²) in [6.07, 6.45) is 2.60. The Morgan fingerprint density at radius 1 is 1.33 bits per heavy atom. The minimum atomic E-state index is -0.865. The highest BCUT2D eigenvalue weighted by molar-refractivity contribution is 5.86. The summed E-state index contributed by atoms with van der Waals surface area (Å²) in [5.41, 5.74) is 1.15. The number of carbonyl (C=O) groups is 2. The van der Waals surface area contributed by atoms with Crippen LogP contribution < -0.4 is 10.6 Å². The van der Waals surface area contributed by atoms with Crippen LogP contribution in [0.25, 0.3) is 0 Å². The normalized spacial score (nSPS) is 21.2. The van der Waals surface area contributed by atoms with Gasteiger partial charge in [0.1, 0.15) is 0 Å². The molecule has 0 aliphatic carbocycles. The van der Waals surface area contributed by atoms with E-state index in [0.29, 0.717) is 6.54 Å². The molecule has 5 nitrogen and oxygen atoms in total. The number of amides is 1. The highest BCUT2D eigenvalue weighted by atomic mass is 16.4. The first kappa shape index (κ1) is 15.5. The Balaban J connectivity index is 2.02. The van der Waals surface area contributed by atoms with E-state index in [2.05, 4.69) is 10.6 Å². The van der Waals surface area contributed by atoms with Gasteiger partial charge in [0.05, 0.1) is 12.0 Å². The second kappa shape index (κ2) is 6.72. The van der Waals surface area contributed by atoms with E-state index in [-0.39, 0.29) is 12.3 Å². The van der Waals surface area contributed by atoms with Gasteiger partial charge in [-0.3, -0.25) is 9.59 Å². The number of aliphatic carboxylic acids is 1. The lowest BCUT2D eigenvalue weighted by Crippen LogP contribution is -2.52. The third-order valence-corrected chi connectivity index (χ3v) is 4.18. The summed E-state index contributed by atoms with van der Waals surface area (Å²) in [6, 6.07) is 7.32. The molecule has 1 aromatic carbocycles. The number of hydrogen-bond donors (Lipinski definition) is 3. The summed E-state index contributed by atoms with van der Waals surface area (Å²) in [5.74, 6) is -0.858. The van der Waals surface area contributed by atoms with E-state index in [1.807, 2.05) is 25.1 Å². The molecule has 2 rings (SSSR count). The molecular formula is C16H22N2O3. The Kier molecular flexibility index (Phi) is 4.96. The first-order valence-electron chi connectivity index (χ1n) is 7.39. The molecule has 0 saturated carbocycles. The maximum atomic E-state index is 12.4. The molecule has 5 heteroatoms. The third-order valence-electron chi connectivity index (χ3n) is 4.18. The van der Waals surface area contributed by atoms with Crippen molar-refractivity contribution in [2.24, 2.45) is 0 Å². The average Bonchev–Trinajstić information content (AvgIpc) is 2.95. The number of rotatable bonds is 6. The molecule has 0 spiro atoms. The summed E-state index contributed by atoms with van der Waals surface area (Å²) >= 11 is 0. The molecule has 1 aromatic rings. The van der Waals surface area contributed by atoms with Crippen molar-refractivity contribution in [3.8, 4) is 0 Å². The zero-order chi connectivity index (χ0) is 15.3. The van der Waals surface area contributed by atoms with Crippen LogP contribution in [0.5, 0.6) is 0 Å². The topological polar surface area (TPSA) is 78.4 Å². The summed E-state index contributed by atoms with van der Waals surface area (Å²) in [6.45, 7) is 3.25. The third kappa shape index (κ3) is 3.61. The van der Waals surface area contributed by atoms with Gasteiger partial charge in [-0.1, -0.05) is 31.2 Å². The van der Waals surface area contributed by atoms with Crippen molar-refractivity contribution in [1.29, 1.82) is 0 Å². The summed E-state index contributed by atoms with van der Waals surface area (Å²) in [4.78, 5) is 23.3. The average molecular weight is 290 g/mol. The van der Waals surface area contributed by atoms with E-state index >= 15 is 0 Å². The van der Waals surface area contributed by atoms with Crippen LogP contribution in [0.3, 0.4) is 0 Å². The fraction of sp³-hybridized carbons (Fsp3) is 0.500. The summed E-state index contributed by atoms with van der Waals surface area (Å²) in [7, 11) is 0. The first-order valence-corrected chi connectivity index (χ1v) is 7.39. The van der Waals surface area contributed by atoms with Gasteiger partial charge in [0.25, 0.3) is 0 Å². The van der Waals surface area contributed by atoms with Crippen molar-refractivity contribution in [2.45, 2.75) is 44.7 Å². The zero-order valence-corrected chi connectivity index (χ0v) is 12.3. The molecule has 0 radical (unpaired) electrons. The van der Waals surface area contributed by atoms with Gasteiger partial charge in [0.2, 0.25) is 5.91 Å². The smallest absolute Gasteiger partial charge is 0.307 e. The van der Waals surface area contributed by atoms with Crippen LogP contribution in [-0.4, -0.2) is 29.1 Å². The van der Waals surface area contributed by atoms with Gasteiger partial charge >= 0.3 is 5.97 Å². The van der Waals surface area contributed by atoms with Gasteiger partial charge in [-0.2, -0.15) is 0 Å². The van der Waals surface area contributed by atoms with Gasteiger partial charge < -0.3 is 15.7 Å². The van der Waals surface area contributed by atoms with Crippen molar-refractivity contribution in [3.05, 3.63) is 35.4 Å². The van der Waals surface area contributed by atoms with Crippen molar-refractivity contribution in [2.75, 3.05) is 6.54 Å². The van der Waals surface area contributed by atoms with Crippen LogP contribution in [0, 0.1) is 0 Å². The van der Waals surface area contributed by atoms with Gasteiger partial charge in [-0.15, -0.1) is 0 Å². The van der Waals surface area contributed by atoms with Gasteiger partial charge in [-0.25, -0.2) is 0 Å². The number of hydrogen-bond acceptors (Lipinski definition) is 3. The molecule has 3 N–H and O–H groups in total. The van der Waals surface area contributed by atoms with Crippen LogP contribution in [-0.2, 0) is 22.6 Å². The maximum absolute atomic E-state index is 12.4. The molecule has 114 valence electrons. The Bertz CT molecular complexity index is 522. The number of benzene rings is 1. The van der Waals surface area contributed by atoms with E-state index in [9.17, 15) is 9.59 Å². The molecule has 0 aromatic heterocycles. The highest BCUT2D eigenvalue weighted by Crippen LogP contribution is 2.23. The molecule has 0 bridgehead atoms. The Morgan fingerprint density at radius 2 is 2.05 bits per heavy atom. The van der Waals surface area contributed by atoms with E-state index in [1.54, 1.807) is 6.07 Å². The number of carbonyl (C=O) groups excluding carboxylic acids is 1. The lowest BCUT2D eigenvalue weighted by molar-refractivity contribution is -0.136. The molecule has 1 aliphatic heterocycles. The fourth-order valence-electron chi connectivity index (χ4n) is 2.87. The van der Waals surface area contributed by atoms with Crippen LogP contribution in [0.1, 0.15) is 37.3 Å². The molecule has 21 heavy (non-hydrogen) atoms. The largest absolute Gasteiger partial charge is 0.481 e. The number of carboxylic acid groups (broad SMARTS) is 1. The quantitative estimate of drug-likeness (QED) is 0.741. The lowest BCUT2D eigenvalue weighted by atomic mass is 9.93. The highest BCUT2D eigenvalue weighted by Gasteiger charge is 2.38. The minimum absolute atomic E-state index is 0.00706. The number of carboxylic acids is 1. The SMILES string of the molecule is CCC1(C(=O)NCc2ccccc2CC(=O)O)CCCN1. The molecule has 1 atom stereocenters. The van der Waals surface area contributed by atoms with Crippen LogP contribution in [0.2, 0.25) is 0 Å². The van der Waals surface area contributed by atoms with Crippen molar-refractivity contribution >= 4 is 11.9 Å². The van der Waals surface area contributed by atoms with Crippen molar-refractivity contribution in [1.82, 2.24) is 10.6 Å². The van der Waals surface area contributed by atoms with E-state index in [4.69, 9.17) is 5.11 Å². The Hall–Kier alpha value is -1.88. The zero-order valence-electron chi connectivity index (χ0n) is 12.3. The van der Waals surface area contributed by atoms with Gasteiger partial charge in [-0.05, 0) is 36.9 Å². The minimum Gasteiger partial charge on any atom is -0.481 e. The maximum Gasteiger partial charge on any atom is 0.307 e. The Labute approximate surface area is 124 Å². The fourth-order valence-corrected chi connectivity index (χ4v) is 2.87. The van der Waals surface area contributed by atoms with E-state index in [0.717, 1.165) is 36.9 Å². The predicted molar refractivity (Wildman–Crippen MR) is 79.9 cm³/mol. The standard InChI is InChI=1S/C16H22N2O3/c1-2-16(8-5-9-18-16)15(21)17-11-13-7-4-3-6-12(13)10-14(19)20/h3-4,6-7,18H,2,5,8-11H2,1H3,(H,17,21)(H,19,20). The first-order chi connectivity index (χ1) is 10.1. The van der Waals surface area contributed by atoms with Gasteiger partial charge in [0.15, 0.2) is 0 Å². The molecule has 1 fully saturated rings. The Morgan fingerprint density at radius 3 is 2.62 bits per heavy atom. The molecule has 1 heterocycles. The molecule has 1 unspecified atom stereocenters. The molecule has 1 saturated heterocycles. The van der Waals surface area contributed by atoms with Crippen molar-refractivity contribution in [3.63, 3.8) is 0 Å². The second-order valence-electron chi connectivity index (χ2n) is 5.49. The van der Waals surface area contributed by atoms with Crippen molar-refractivity contribution < 1.29 is 14.7 Å². The van der Waals surface area contributed by atoms with Gasteiger partial charge in [0, 0.05) is 6.54 Å². The lowest BCUT2D eigenvalue weighted by Gasteiger charge is -2.26. The van der Waals surface area contributed by atoms with E-state index in [1.165, 1.54) is 0 Å². The summed E-state index contributed by atoms with van der Waals surface area (Å²) < 4.78 is 0. The molecular weight excluding hydrogens is 268 g/mol. The number of nitrogens with one attached hydrogen (secondary N) is 2. The molecule has 1 aliphatic rings. The second-order valence-corrected chi connectivity index (χ2v) is 5.49.